The van der Waals surface area contributed by atoms with Crippen molar-refractivity contribution in [2.24, 2.45) is 0 Å². The highest BCUT2D eigenvalue weighted by atomic mass is 35.5. The van der Waals surface area contributed by atoms with Gasteiger partial charge in [0.05, 0.1) is 0 Å². The van der Waals surface area contributed by atoms with Gasteiger partial charge in [0.1, 0.15) is 5.75 Å². The minimum Gasteiger partial charge on any atom is -0.483 e. The molecule has 29 heavy (non-hydrogen) atoms. The Morgan fingerprint density at radius 1 is 1.07 bits per heavy atom. The van der Waals surface area contributed by atoms with Crippen LogP contribution in [0, 0.1) is 6.92 Å². The number of ether oxygens (including phenoxy) is 1. The van der Waals surface area contributed by atoms with Crippen LogP contribution in [0.2, 0.25) is 10.0 Å². The normalized spacial score (nSPS) is 15.0. The molecule has 1 saturated heterocycles. The molecule has 0 N–H and O–H groups in total. The average Bonchev–Trinajstić information content (AvgIpc) is 2.70. The Labute approximate surface area is 183 Å². The van der Waals surface area contributed by atoms with Gasteiger partial charge in [-0.25, -0.2) is 0 Å². The summed E-state index contributed by atoms with van der Waals surface area (Å²) in [7, 11) is 0. The van der Waals surface area contributed by atoms with Gasteiger partial charge in [0.15, 0.2) is 6.61 Å². The zero-order valence-electron chi connectivity index (χ0n) is 17.3. The number of hydrogen-bond acceptors (Lipinski definition) is 3. The standard InChI is InChI=1S/C23H28Cl2N2O2/c1-16(2)20-13-21(25)17(3)12-22(20)29-15-23(28)27-10-8-26(9-11-27)14-18-4-6-19(24)7-5-18/h4-7,12-13,16H,8-11,14-15H2,1-3H3. The van der Waals surface area contributed by atoms with Crippen LogP contribution in [-0.4, -0.2) is 48.5 Å². The van der Waals surface area contributed by atoms with Gasteiger partial charge in [-0.15, -0.1) is 0 Å². The van der Waals surface area contributed by atoms with Gasteiger partial charge in [0.25, 0.3) is 5.91 Å². The lowest BCUT2D eigenvalue weighted by molar-refractivity contribution is -0.135. The maximum atomic E-state index is 12.6. The van der Waals surface area contributed by atoms with Crippen molar-refractivity contribution in [1.29, 1.82) is 0 Å². The number of hydrogen-bond donors (Lipinski definition) is 0. The molecule has 2 aromatic carbocycles. The van der Waals surface area contributed by atoms with Gasteiger partial charge in [-0.3, -0.25) is 9.69 Å². The number of piperazine rings is 1. The molecule has 0 spiro atoms. The van der Waals surface area contributed by atoms with Crippen molar-refractivity contribution in [1.82, 2.24) is 9.80 Å². The number of halogens is 2. The summed E-state index contributed by atoms with van der Waals surface area (Å²) >= 11 is 12.2. The lowest BCUT2D eigenvalue weighted by Crippen LogP contribution is -2.49. The summed E-state index contributed by atoms with van der Waals surface area (Å²) < 4.78 is 5.91. The van der Waals surface area contributed by atoms with Crippen LogP contribution in [0.15, 0.2) is 36.4 Å². The third-order valence-electron chi connectivity index (χ3n) is 5.31. The lowest BCUT2D eigenvalue weighted by atomic mass is 10.0. The number of rotatable bonds is 6. The van der Waals surface area contributed by atoms with E-state index < -0.39 is 0 Å². The number of aryl methyl sites for hydroxylation is 1. The van der Waals surface area contributed by atoms with E-state index >= 15 is 0 Å². The van der Waals surface area contributed by atoms with Crippen LogP contribution in [0.4, 0.5) is 0 Å². The number of amides is 1. The third-order valence-corrected chi connectivity index (χ3v) is 5.97. The van der Waals surface area contributed by atoms with Crippen molar-refractivity contribution in [2.45, 2.75) is 33.2 Å². The number of carbonyl (C=O) groups excluding carboxylic acids is 1. The smallest absolute Gasteiger partial charge is 0.260 e. The predicted molar refractivity (Wildman–Crippen MR) is 119 cm³/mol. The summed E-state index contributed by atoms with van der Waals surface area (Å²) in [5, 5.41) is 1.48. The molecular weight excluding hydrogens is 407 g/mol. The van der Waals surface area contributed by atoms with Crippen molar-refractivity contribution in [3.63, 3.8) is 0 Å². The van der Waals surface area contributed by atoms with Crippen LogP contribution in [0.5, 0.6) is 5.75 Å². The lowest BCUT2D eigenvalue weighted by Gasteiger charge is -2.34. The second kappa shape index (κ2) is 9.84. The second-order valence-electron chi connectivity index (χ2n) is 7.87. The minimum atomic E-state index is 0.0263. The Morgan fingerprint density at radius 2 is 1.72 bits per heavy atom. The summed E-state index contributed by atoms with van der Waals surface area (Å²) in [4.78, 5) is 16.9. The fraction of sp³-hybridized carbons (Fsp3) is 0.435. The summed E-state index contributed by atoms with van der Waals surface area (Å²) in [6, 6.07) is 11.8. The number of benzene rings is 2. The van der Waals surface area contributed by atoms with Crippen molar-refractivity contribution >= 4 is 29.1 Å². The quantitative estimate of drug-likeness (QED) is 0.629. The Hall–Kier alpha value is -1.75. The van der Waals surface area contributed by atoms with E-state index in [0.717, 1.165) is 46.6 Å². The first kappa shape index (κ1) is 21.9. The van der Waals surface area contributed by atoms with Gasteiger partial charge >= 0.3 is 0 Å². The van der Waals surface area contributed by atoms with Crippen LogP contribution in [0.3, 0.4) is 0 Å². The summed E-state index contributed by atoms with van der Waals surface area (Å²) in [6.07, 6.45) is 0. The molecule has 1 aliphatic heterocycles. The summed E-state index contributed by atoms with van der Waals surface area (Å²) in [6.45, 7) is 10.2. The Bertz CT molecular complexity index is 845. The van der Waals surface area contributed by atoms with E-state index in [0.29, 0.717) is 13.1 Å². The SMILES string of the molecule is Cc1cc(OCC(=O)N2CCN(Cc3ccc(Cl)cc3)CC2)c(C(C)C)cc1Cl. The maximum Gasteiger partial charge on any atom is 0.260 e. The largest absolute Gasteiger partial charge is 0.483 e. The highest BCUT2D eigenvalue weighted by Crippen LogP contribution is 2.32. The summed E-state index contributed by atoms with van der Waals surface area (Å²) in [5.41, 5.74) is 3.22. The molecule has 0 radical (unpaired) electrons. The minimum absolute atomic E-state index is 0.0263. The van der Waals surface area contributed by atoms with E-state index in [1.165, 1.54) is 5.56 Å². The first-order chi connectivity index (χ1) is 13.8. The van der Waals surface area contributed by atoms with E-state index in [2.05, 4.69) is 18.7 Å². The van der Waals surface area contributed by atoms with Crippen molar-refractivity contribution in [2.75, 3.05) is 32.8 Å². The van der Waals surface area contributed by atoms with E-state index in [-0.39, 0.29) is 18.4 Å². The van der Waals surface area contributed by atoms with Crippen molar-refractivity contribution in [3.8, 4) is 5.75 Å². The first-order valence-corrected chi connectivity index (χ1v) is 10.8. The molecule has 0 unspecified atom stereocenters. The monoisotopic (exact) mass is 434 g/mol. The van der Waals surface area contributed by atoms with Gasteiger partial charge < -0.3 is 9.64 Å². The van der Waals surface area contributed by atoms with Crippen LogP contribution >= 0.6 is 23.2 Å². The highest BCUT2D eigenvalue weighted by molar-refractivity contribution is 6.31. The molecule has 1 amide bonds. The molecule has 0 aromatic heterocycles. The van der Waals surface area contributed by atoms with E-state index in [9.17, 15) is 4.79 Å². The van der Waals surface area contributed by atoms with Crippen LogP contribution < -0.4 is 4.74 Å². The van der Waals surface area contributed by atoms with E-state index in [1.54, 1.807) is 0 Å². The molecule has 3 rings (SSSR count). The summed E-state index contributed by atoms with van der Waals surface area (Å²) in [5.74, 6) is 1.05. The van der Waals surface area contributed by atoms with E-state index in [4.69, 9.17) is 27.9 Å². The third kappa shape index (κ3) is 5.88. The molecule has 0 saturated carbocycles. The number of carbonyl (C=O) groups is 1. The predicted octanol–water partition coefficient (Wildman–Crippen LogP) is 5.15. The topological polar surface area (TPSA) is 32.8 Å². The molecule has 1 fully saturated rings. The second-order valence-corrected chi connectivity index (χ2v) is 8.71. The van der Waals surface area contributed by atoms with Crippen molar-refractivity contribution < 1.29 is 9.53 Å². The Morgan fingerprint density at radius 3 is 2.34 bits per heavy atom. The van der Waals surface area contributed by atoms with Gasteiger partial charge in [0.2, 0.25) is 0 Å². The molecule has 1 aliphatic rings. The van der Waals surface area contributed by atoms with Crippen LogP contribution in [-0.2, 0) is 11.3 Å². The molecule has 0 aliphatic carbocycles. The molecule has 2 aromatic rings. The van der Waals surface area contributed by atoms with Gasteiger partial charge in [-0.2, -0.15) is 0 Å². The Kier molecular flexibility index (Phi) is 7.44. The molecule has 0 bridgehead atoms. The average molecular weight is 435 g/mol. The van der Waals surface area contributed by atoms with Gasteiger partial charge in [-0.05, 0) is 53.8 Å². The molecule has 4 nitrogen and oxygen atoms in total. The van der Waals surface area contributed by atoms with Gasteiger partial charge in [0, 0.05) is 42.8 Å². The zero-order valence-corrected chi connectivity index (χ0v) is 18.8. The highest BCUT2D eigenvalue weighted by Gasteiger charge is 2.22. The molecule has 1 heterocycles. The van der Waals surface area contributed by atoms with Crippen LogP contribution in [0.1, 0.15) is 36.5 Å². The fourth-order valence-corrected chi connectivity index (χ4v) is 3.78. The fourth-order valence-electron chi connectivity index (χ4n) is 3.48. The van der Waals surface area contributed by atoms with Gasteiger partial charge in [-0.1, -0.05) is 49.2 Å². The van der Waals surface area contributed by atoms with Crippen molar-refractivity contribution in [3.05, 3.63) is 63.1 Å². The van der Waals surface area contributed by atoms with E-state index in [1.807, 2.05) is 48.2 Å². The first-order valence-electron chi connectivity index (χ1n) is 10.0. The molecular formula is C23H28Cl2N2O2. The number of nitrogens with zero attached hydrogens (tertiary/aromatic N) is 2. The molecule has 6 heteroatoms. The Balaban J connectivity index is 1.51. The molecule has 0 atom stereocenters. The van der Waals surface area contributed by atoms with Crippen LogP contribution in [0.25, 0.3) is 0 Å². The zero-order chi connectivity index (χ0) is 21.0. The maximum absolute atomic E-state index is 12.6. The molecule has 156 valence electrons.